The Kier molecular flexibility index (Phi) is 8.71. The maximum atomic E-state index is 4.79. The molecule has 0 aliphatic heterocycles. The summed E-state index contributed by atoms with van der Waals surface area (Å²) < 4.78 is 6.32. The summed E-state index contributed by atoms with van der Waals surface area (Å²) in [6.07, 6.45) is 0. The monoisotopic (exact) mass is 772 g/mol. The summed E-state index contributed by atoms with van der Waals surface area (Å²) in [4.78, 5) is 14.2. The Morgan fingerprint density at radius 3 is 1.23 bits per heavy atom. The van der Waals surface area contributed by atoms with Crippen LogP contribution in [0.4, 0.5) is 0 Å². The summed E-state index contributed by atoms with van der Waals surface area (Å²) >= 11 is 1.47. The van der Waals surface area contributed by atoms with E-state index < -0.39 is 0 Å². The predicted octanol–water partition coefficient (Wildman–Crippen LogP) is 8.32. The Labute approximate surface area is 270 Å². The zero-order valence-corrected chi connectivity index (χ0v) is 27.5. The second-order valence-electron chi connectivity index (χ2n) is 10.2. The van der Waals surface area contributed by atoms with Gasteiger partial charge in [0.2, 0.25) is 0 Å². The zero-order chi connectivity index (χ0) is 30.6. The second kappa shape index (κ2) is 13.0. The molecule has 0 saturated carbocycles. The number of halogens is 1. The van der Waals surface area contributed by atoms with Crippen LogP contribution in [0.25, 0.3) is 67.3 Å². The van der Waals surface area contributed by atoms with Crippen LogP contribution in [0.1, 0.15) is 0 Å². The summed E-state index contributed by atoms with van der Waals surface area (Å²) in [6, 6.07) is 45.2. The van der Waals surface area contributed by atoms with Crippen molar-refractivity contribution in [2.24, 2.45) is 21.1 Å². The first-order valence-corrected chi connectivity index (χ1v) is 16.9. The molecular weight excluding hydrogens is 744 g/mol. The number of para-hydroxylation sites is 6. The molecule has 0 aliphatic rings. The molecule has 0 atom stereocenters. The number of aryl methyl sites for hydroxylation is 3. The summed E-state index contributed by atoms with van der Waals surface area (Å²) in [6.45, 7) is 0. The molecule has 0 N–H and O–H groups in total. The maximum absolute atomic E-state index is 4.79. The number of nitrogens with zero attached hydrogens (tertiary/aromatic N) is 6. The van der Waals surface area contributed by atoms with E-state index in [1.165, 1.54) is 17.9 Å². The zero-order valence-electron chi connectivity index (χ0n) is 24.4. The SMILES string of the molecule is Cn1c(-c2[c-]c(-c3nc4ccccc4n3C)ccc2)nc2ccccc21.Cn1c(-c2[c-]cccc2)nc2ccccc21.[Cl][Ir+2]. The third kappa shape index (κ3) is 5.58. The summed E-state index contributed by atoms with van der Waals surface area (Å²) in [5.41, 5.74) is 9.35. The van der Waals surface area contributed by atoms with Crippen molar-refractivity contribution in [3.05, 3.63) is 127 Å². The Morgan fingerprint density at radius 2 is 0.841 bits per heavy atom. The van der Waals surface area contributed by atoms with Crippen molar-refractivity contribution in [3.63, 3.8) is 0 Å². The molecule has 0 radical (unpaired) electrons. The minimum atomic E-state index is 0.909. The van der Waals surface area contributed by atoms with Crippen LogP contribution in [0.15, 0.2) is 115 Å². The van der Waals surface area contributed by atoms with E-state index >= 15 is 0 Å². The van der Waals surface area contributed by atoms with Gasteiger partial charge in [-0.05, 0) is 36.4 Å². The molecule has 0 spiro atoms. The molecule has 0 amide bonds. The van der Waals surface area contributed by atoms with E-state index in [9.17, 15) is 0 Å². The van der Waals surface area contributed by atoms with Crippen LogP contribution in [0.5, 0.6) is 0 Å². The summed E-state index contributed by atoms with van der Waals surface area (Å²) in [5, 5.41) is 0. The normalized spacial score (nSPS) is 10.8. The number of hydrogen-bond acceptors (Lipinski definition) is 3. The van der Waals surface area contributed by atoms with E-state index in [0.29, 0.717) is 0 Å². The van der Waals surface area contributed by atoms with Crippen molar-refractivity contribution < 1.29 is 17.9 Å². The van der Waals surface area contributed by atoms with Gasteiger partial charge < -0.3 is 13.7 Å². The third-order valence-corrected chi connectivity index (χ3v) is 7.59. The van der Waals surface area contributed by atoms with Crippen LogP contribution >= 0.6 is 9.58 Å². The fourth-order valence-electron chi connectivity index (χ4n) is 5.42. The van der Waals surface area contributed by atoms with E-state index in [4.69, 9.17) is 9.97 Å². The van der Waals surface area contributed by atoms with Gasteiger partial charge in [0.05, 0.1) is 50.6 Å². The molecule has 3 heterocycles. The molecule has 44 heavy (non-hydrogen) atoms. The minimum absolute atomic E-state index is 0.909. The topological polar surface area (TPSA) is 53.5 Å². The van der Waals surface area contributed by atoms with E-state index in [0.717, 1.165) is 67.3 Å². The van der Waals surface area contributed by atoms with Gasteiger partial charge >= 0.3 is 27.5 Å². The quantitative estimate of drug-likeness (QED) is 0.170. The first-order chi connectivity index (χ1) is 21.6. The summed E-state index contributed by atoms with van der Waals surface area (Å²) in [7, 11) is 10.8. The molecule has 5 aromatic carbocycles. The van der Waals surface area contributed by atoms with Crippen LogP contribution in [0.2, 0.25) is 0 Å². The molecule has 0 aliphatic carbocycles. The van der Waals surface area contributed by atoms with Gasteiger partial charge in [-0.25, -0.2) is 0 Å². The molecule has 0 bridgehead atoms. The van der Waals surface area contributed by atoms with Gasteiger partial charge in [-0.3, -0.25) is 15.0 Å². The van der Waals surface area contributed by atoms with E-state index in [-0.39, 0.29) is 0 Å². The predicted molar refractivity (Wildman–Crippen MR) is 176 cm³/mol. The first kappa shape index (κ1) is 29.5. The fraction of sp³-hybridized carbons (Fsp3) is 0.0833. The van der Waals surface area contributed by atoms with Gasteiger partial charge in [-0.2, -0.15) is 0 Å². The molecule has 0 saturated heterocycles. The number of imidazole rings is 3. The number of benzene rings is 5. The standard InChI is InChI=1S/C22H17N4.C14H11N2.ClH.Ir/c1-25-19-12-5-3-10-17(19)23-21(25)15-8-7-9-16(14-15)22-24-18-11-4-6-13-20(18)26(22)2;1-16-13-10-6-5-9-12(13)15-14(16)11-7-3-2-4-8-11;;/h3-13H,1-2H3;2-7,9-10H,1H3;1H;/q2*-1;;+3/p-1. The second-order valence-corrected chi connectivity index (χ2v) is 10.2. The Morgan fingerprint density at radius 1 is 0.477 bits per heavy atom. The number of fused-ring (bicyclic) bond motifs is 3. The van der Waals surface area contributed by atoms with Crippen molar-refractivity contribution in [1.82, 2.24) is 28.7 Å². The molecule has 8 heteroatoms. The Bertz CT molecular complexity index is 2100. The van der Waals surface area contributed by atoms with Gasteiger partial charge in [0.1, 0.15) is 0 Å². The average molecular weight is 772 g/mol. The molecule has 0 fully saturated rings. The average Bonchev–Trinajstić information content (AvgIpc) is 3.74. The van der Waals surface area contributed by atoms with Crippen LogP contribution in [-0.2, 0) is 39.0 Å². The fourth-order valence-corrected chi connectivity index (χ4v) is 5.42. The van der Waals surface area contributed by atoms with Gasteiger partial charge in [0.25, 0.3) is 0 Å². The Balaban J connectivity index is 0.000000163. The van der Waals surface area contributed by atoms with Crippen LogP contribution in [-0.4, -0.2) is 28.7 Å². The third-order valence-electron chi connectivity index (χ3n) is 7.59. The number of rotatable bonds is 3. The summed E-state index contributed by atoms with van der Waals surface area (Å²) in [5.74, 6) is 2.78. The van der Waals surface area contributed by atoms with Crippen LogP contribution < -0.4 is 0 Å². The molecule has 3 aromatic heterocycles. The van der Waals surface area contributed by atoms with Crippen molar-refractivity contribution in [1.29, 1.82) is 0 Å². The molecule has 6 nitrogen and oxygen atoms in total. The van der Waals surface area contributed by atoms with Gasteiger partial charge in [-0.1, -0.05) is 47.5 Å². The van der Waals surface area contributed by atoms with Crippen LogP contribution in [0, 0.1) is 12.1 Å². The van der Waals surface area contributed by atoms with E-state index in [1.807, 2.05) is 118 Å². The molecule has 218 valence electrons. The molecule has 8 aromatic rings. The van der Waals surface area contributed by atoms with Crippen molar-refractivity contribution >= 4 is 42.7 Å². The Hall–Kier alpha value is -4.55. The number of aromatic nitrogens is 6. The van der Waals surface area contributed by atoms with Gasteiger partial charge in [-0.15, -0.1) is 60.2 Å². The molecule has 8 rings (SSSR count). The van der Waals surface area contributed by atoms with Gasteiger partial charge in [0, 0.05) is 21.1 Å². The number of hydrogen-bond donors (Lipinski definition) is 0. The molecule has 0 unspecified atom stereocenters. The first-order valence-electron chi connectivity index (χ1n) is 14.0. The molecular formula is C36H28ClIrN6. The van der Waals surface area contributed by atoms with Crippen molar-refractivity contribution in [3.8, 4) is 34.2 Å². The van der Waals surface area contributed by atoms with E-state index in [1.54, 1.807) is 0 Å². The van der Waals surface area contributed by atoms with Crippen LogP contribution in [0.3, 0.4) is 0 Å². The van der Waals surface area contributed by atoms with Crippen molar-refractivity contribution in [2.45, 2.75) is 0 Å². The van der Waals surface area contributed by atoms with Crippen molar-refractivity contribution in [2.75, 3.05) is 0 Å². The van der Waals surface area contributed by atoms with E-state index in [2.05, 4.69) is 58.6 Å². The van der Waals surface area contributed by atoms with Gasteiger partial charge in [0.15, 0.2) is 0 Å².